The summed E-state index contributed by atoms with van der Waals surface area (Å²) in [5, 5.41) is 3.97. The van der Waals surface area contributed by atoms with Gasteiger partial charge in [0.15, 0.2) is 0 Å². The molecular formula is C11H9Cl2N3O. The van der Waals surface area contributed by atoms with Crippen LogP contribution in [0.3, 0.4) is 0 Å². The number of nitrogens with one attached hydrogen (secondary N) is 1. The van der Waals surface area contributed by atoms with Gasteiger partial charge in [-0.2, -0.15) is 0 Å². The highest BCUT2D eigenvalue weighted by molar-refractivity contribution is 6.33. The Balaban J connectivity index is 2.29. The SMILES string of the molecule is COc1ccc(Cl)c(Nc2cc(Cl)ncn2)c1. The molecule has 1 heterocycles. The van der Waals surface area contributed by atoms with E-state index in [1.54, 1.807) is 31.4 Å². The molecule has 1 aromatic carbocycles. The molecule has 0 amide bonds. The maximum atomic E-state index is 6.05. The second-order valence-corrected chi connectivity index (χ2v) is 3.99. The fraction of sp³-hybridized carbons (Fsp3) is 0.0909. The summed E-state index contributed by atoms with van der Waals surface area (Å²) in [6.45, 7) is 0. The zero-order valence-electron chi connectivity index (χ0n) is 8.95. The first kappa shape index (κ1) is 12.0. The monoisotopic (exact) mass is 269 g/mol. The number of rotatable bonds is 3. The standard InChI is InChI=1S/C11H9Cl2N3O/c1-17-7-2-3-8(12)9(4-7)16-11-5-10(13)14-6-15-11/h2-6H,1H3,(H,14,15,16). The Kier molecular flexibility index (Phi) is 3.66. The van der Waals surface area contributed by atoms with Gasteiger partial charge in [-0.1, -0.05) is 23.2 Å². The van der Waals surface area contributed by atoms with Crippen molar-refractivity contribution in [1.82, 2.24) is 9.97 Å². The zero-order valence-corrected chi connectivity index (χ0v) is 10.5. The van der Waals surface area contributed by atoms with Crippen molar-refractivity contribution >= 4 is 34.7 Å². The molecule has 0 bridgehead atoms. The average molecular weight is 270 g/mol. The van der Waals surface area contributed by atoms with Crippen molar-refractivity contribution in [1.29, 1.82) is 0 Å². The molecule has 0 aliphatic heterocycles. The minimum Gasteiger partial charge on any atom is -0.497 e. The van der Waals surface area contributed by atoms with Crippen molar-refractivity contribution < 1.29 is 4.74 Å². The maximum absolute atomic E-state index is 6.05. The molecule has 0 aliphatic rings. The number of ether oxygens (including phenoxy) is 1. The molecule has 1 aromatic heterocycles. The summed E-state index contributed by atoms with van der Waals surface area (Å²) in [5.41, 5.74) is 0.695. The summed E-state index contributed by atoms with van der Waals surface area (Å²) >= 11 is 11.8. The van der Waals surface area contributed by atoms with Gasteiger partial charge < -0.3 is 10.1 Å². The predicted octanol–water partition coefficient (Wildman–Crippen LogP) is 3.54. The lowest BCUT2D eigenvalue weighted by Gasteiger charge is -2.09. The van der Waals surface area contributed by atoms with Gasteiger partial charge in [0, 0.05) is 12.1 Å². The van der Waals surface area contributed by atoms with Crippen molar-refractivity contribution in [2.45, 2.75) is 0 Å². The number of hydrogen-bond acceptors (Lipinski definition) is 4. The molecule has 0 saturated carbocycles. The first-order valence-corrected chi connectivity index (χ1v) is 5.53. The van der Waals surface area contributed by atoms with E-state index in [2.05, 4.69) is 15.3 Å². The van der Waals surface area contributed by atoms with Gasteiger partial charge in [-0.15, -0.1) is 0 Å². The molecule has 1 N–H and O–H groups in total. The zero-order chi connectivity index (χ0) is 12.3. The summed E-state index contributed by atoms with van der Waals surface area (Å²) in [7, 11) is 1.59. The van der Waals surface area contributed by atoms with Crippen molar-refractivity contribution in [3.63, 3.8) is 0 Å². The Hall–Kier alpha value is -1.52. The molecule has 2 aromatic rings. The molecule has 2 rings (SSSR count). The van der Waals surface area contributed by atoms with Crippen molar-refractivity contribution in [3.05, 3.63) is 40.8 Å². The minimum atomic E-state index is 0.363. The van der Waals surface area contributed by atoms with Crippen molar-refractivity contribution in [2.75, 3.05) is 12.4 Å². The number of halogens is 2. The van der Waals surface area contributed by atoms with Gasteiger partial charge in [-0.3, -0.25) is 0 Å². The molecule has 17 heavy (non-hydrogen) atoms. The van der Waals surface area contributed by atoms with Crippen LogP contribution >= 0.6 is 23.2 Å². The Labute approximate surface area is 109 Å². The van der Waals surface area contributed by atoms with E-state index in [0.717, 1.165) is 0 Å². The smallest absolute Gasteiger partial charge is 0.135 e. The molecular weight excluding hydrogens is 261 g/mol. The van der Waals surface area contributed by atoms with Gasteiger partial charge in [0.25, 0.3) is 0 Å². The Bertz CT molecular complexity index is 534. The average Bonchev–Trinajstić information content (AvgIpc) is 2.32. The Morgan fingerprint density at radius 1 is 1.18 bits per heavy atom. The summed E-state index contributed by atoms with van der Waals surface area (Å²) in [4.78, 5) is 7.82. The lowest BCUT2D eigenvalue weighted by molar-refractivity contribution is 0.415. The van der Waals surface area contributed by atoms with E-state index in [1.807, 2.05) is 0 Å². The van der Waals surface area contributed by atoms with Crippen LogP contribution in [0.5, 0.6) is 5.75 Å². The van der Waals surface area contributed by atoms with Gasteiger partial charge in [-0.25, -0.2) is 9.97 Å². The van der Waals surface area contributed by atoms with Gasteiger partial charge in [0.1, 0.15) is 23.0 Å². The summed E-state index contributed by atoms with van der Waals surface area (Å²) < 4.78 is 5.11. The van der Waals surface area contributed by atoms with E-state index in [1.165, 1.54) is 6.33 Å². The van der Waals surface area contributed by atoms with E-state index >= 15 is 0 Å². The summed E-state index contributed by atoms with van der Waals surface area (Å²) in [6, 6.07) is 6.90. The Morgan fingerprint density at radius 2 is 2.00 bits per heavy atom. The molecule has 4 nitrogen and oxygen atoms in total. The van der Waals surface area contributed by atoms with Crippen LogP contribution in [0.2, 0.25) is 10.2 Å². The van der Waals surface area contributed by atoms with Crippen LogP contribution in [0.15, 0.2) is 30.6 Å². The second-order valence-electron chi connectivity index (χ2n) is 3.20. The lowest BCUT2D eigenvalue weighted by atomic mass is 10.3. The molecule has 6 heteroatoms. The normalized spacial score (nSPS) is 10.1. The fourth-order valence-electron chi connectivity index (χ4n) is 1.27. The number of aromatic nitrogens is 2. The molecule has 0 radical (unpaired) electrons. The number of nitrogens with zero attached hydrogens (tertiary/aromatic N) is 2. The van der Waals surface area contributed by atoms with Gasteiger partial charge in [-0.05, 0) is 12.1 Å². The number of hydrogen-bond donors (Lipinski definition) is 1. The first-order valence-electron chi connectivity index (χ1n) is 4.77. The largest absolute Gasteiger partial charge is 0.497 e. The van der Waals surface area contributed by atoms with Gasteiger partial charge in [0.05, 0.1) is 17.8 Å². The minimum absolute atomic E-state index is 0.363. The van der Waals surface area contributed by atoms with E-state index in [0.29, 0.717) is 27.4 Å². The highest BCUT2D eigenvalue weighted by Crippen LogP contribution is 2.29. The number of methoxy groups -OCH3 is 1. The van der Waals surface area contributed by atoms with Gasteiger partial charge >= 0.3 is 0 Å². The second kappa shape index (κ2) is 5.21. The van der Waals surface area contributed by atoms with E-state index in [4.69, 9.17) is 27.9 Å². The molecule has 0 unspecified atom stereocenters. The van der Waals surface area contributed by atoms with E-state index in [9.17, 15) is 0 Å². The Morgan fingerprint density at radius 3 is 2.71 bits per heavy atom. The fourth-order valence-corrected chi connectivity index (χ4v) is 1.58. The number of anilines is 2. The predicted molar refractivity (Wildman–Crippen MR) is 68.3 cm³/mol. The first-order chi connectivity index (χ1) is 8.19. The summed E-state index contributed by atoms with van der Waals surface area (Å²) in [5.74, 6) is 1.28. The van der Waals surface area contributed by atoms with Gasteiger partial charge in [0.2, 0.25) is 0 Å². The highest BCUT2D eigenvalue weighted by Gasteiger charge is 2.04. The molecule has 0 fully saturated rings. The molecule has 0 atom stereocenters. The third kappa shape index (κ3) is 2.99. The van der Waals surface area contributed by atoms with Crippen LogP contribution in [-0.2, 0) is 0 Å². The third-order valence-corrected chi connectivity index (χ3v) is 2.61. The molecule has 0 spiro atoms. The quantitative estimate of drug-likeness (QED) is 0.866. The van der Waals surface area contributed by atoms with Crippen molar-refractivity contribution in [3.8, 4) is 5.75 Å². The van der Waals surface area contributed by atoms with Crippen LogP contribution in [-0.4, -0.2) is 17.1 Å². The topological polar surface area (TPSA) is 47.0 Å². The summed E-state index contributed by atoms with van der Waals surface area (Å²) in [6.07, 6.45) is 1.37. The van der Waals surface area contributed by atoms with Crippen LogP contribution in [0.1, 0.15) is 0 Å². The molecule has 88 valence electrons. The van der Waals surface area contributed by atoms with E-state index in [-0.39, 0.29) is 0 Å². The van der Waals surface area contributed by atoms with Crippen LogP contribution in [0, 0.1) is 0 Å². The molecule has 0 aliphatic carbocycles. The van der Waals surface area contributed by atoms with Crippen LogP contribution < -0.4 is 10.1 Å². The van der Waals surface area contributed by atoms with Crippen LogP contribution in [0.4, 0.5) is 11.5 Å². The maximum Gasteiger partial charge on any atom is 0.135 e. The third-order valence-electron chi connectivity index (χ3n) is 2.07. The van der Waals surface area contributed by atoms with E-state index < -0.39 is 0 Å². The lowest BCUT2D eigenvalue weighted by Crippen LogP contribution is -1.95. The van der Waals surface area contributed by atoms with Crippen molar-refractivity contribution in [2.24, 2.45) is 0 Å². The highest BCUT2D eigenvalue weighted by atomic mass is 35.5. The van der Waals surface area contributed by atoms with Crippen LogP contribution in [0.25, 0.3) is 0 Å². The number of benzene rings is 1. The molecule has 0 saturated heterocycles.